The third-order valence-corrected chi connectivity index (χ3v) is 4.41. The minimum absolute atomic E-state index is 0.218. The fraction of sp³-hybridized carbons (Fsp3) is 0.450. The number of hydrogen-bond acceptors (Lipinski definition) is 4. The first-order valence-corrected chi connectivity index (χ1v) is 8.25. The van der Waals surface area contributed by atoms with Gasteiger partial charge in [0.2, 0.25) is 0 Å². The largest absolute Gasteiger partial charge is 0.508 e. The number of methoxy groups -OCH3 is 1. The lowest BCUT2D eigenvalue weighted by Crippen LogP contribution is -2.07. The van der Waals surface area contributed by atoms with Gasteiger partial charge in [0.05, 0.1) is 5.69 Å². The monoisotopic (exact) mass is 329 g/mol. The second-order valence-corrected chi connectivity index (χ2v) is 6.51. The van der Waals surface area contributed by atoms with Crippen LogP contribution in [-0.2, 0) is 11.2 Å². The van der Waals surface area contributed by atoms with Crippen molar-refractivity contribution >= 4 is 0 Å². The molecular formula is C20H27NO3. The minimum Gasteiger partial charge on any atom is -0.508 e. The molecule has 2 rings (SSSR count). The molecule has 1 aromatic heterocycles. The van der Waals surface area contributed by atoms with E-state index in [1.807, 2.05) is 32.0 Å². The van der Waals surface area contributed by atoms with Crippen molar-refractivity contribution in [1.82, 2.24) is 4.98 Å². The van der Waals surface area contributed by atoms with Crippen molar-refractivity contribution in [2.75, 3.05) is 13.9 Å². The van der Waals surface area contributed by atoms with Crippen LogP contribution in [0.2, 0.25) is 0 Å². The molecule has 24 heavy (non-hydrogen) atoms. The molecular weight excluding hydrogens is 302 g/mol. The molecule has 0 fully saturated rings. The second-order valence-electron chi connectivity index (χ2n) is 6.51. The van der Waals surface area contributed by atoms with Gasteiger partial charge in [-0.1, -0.05) is 13.8 Å². The maximum absolute atomic E-state index is 9.96. The number of nitrogens with zero attached hydrogens (tertiary/aromatic N) is 1. The molecule has 1 aromatic carbocycles. The quantitative estimate of drug-likeness (QED) is 0.798. The van der Waals surface area contributed by atoms with Crippen LogP contribution in [0.15, 0.2) is 18.2 Å². The molecule has 0 aliphatic rings. The lowest BCUT2D eigenvalue weighted by molar-refractivity contribution is 0.0499. The van der Waals surface area contributed by atoms with Crippen LogP contribution in [0, 0.1) is 20.8 Å². The highest BCUT2D eigenvalue weighted by Gasteiger charge is 2.14. The lowest BCUT2D eigenvalue weighted by atomic mass is 9.94. The van der Waals surface area contributed by atoms with Gasteiger partial charge in [-0.2, -0.15) is 0 Å². The predicted molar refractivity (Wildman–Crippen MR) is 96.0 cm³/mol. The zero-order valence-electron chi connectivity index (χ0n) is 15.4. The number of hydrogen-bond donors (Lipinski definition) is 1. The summed E-state index contributed by atoms with van der Waals surface area (Å²) in [6.07, 6.45) is 0.739. The van der Waals surface area contributed by atoms with Gasteiger partial charge in [0.15, 0.2) is 6.79 Å². The molecule has 1 N–H and O–H groups in total. The molecule has 1 heterocycles. The van der Waals surface area contributed by atoms with Gasteiger partial charge in [-0.3, -0.25) is 4.98 Å². The van der Waals surface area contributed by atoms with Crippen LogP contribution in [-0.4, -0.2) is 24.0 Å². The lowest BCUT2D eigenvalue weighted by Gasteiger charge is -2.16. The summed E-state index contributed by atoms with van der Waals surface area (Å²) in [5.74, 6) is 1.39. The molecule has 0 amide bonds. The Labute approximate surface area is 144 Å². The van der Waals surface area contributed by atoms with E-state index in [0.717, 1.165) is 40.2 Å². The number of aromatic nitrogens is 1. The van der Waals surface area contributed by atoms with Gasteiger partial charge in [0, 0.05) is 19.2 Å². The molecule has 4 heteroatoms. The fourth-order valence-electron chi connectivity index (χ4n) is 2.83. The SMILES string of the molecule is COCOc1ccc(Cc2c(C)cc(O)c(C)c2C)nc1C(C)C. The van der Waals surface area contributed by atoms with Crippen molar-refractivity contribution in [3.63, 3.8) is 0 Å². The highest BCUT2D eigenvalue weighted by atomic mass is 16.7. The van der Waals surface area contributed by atoms with Crippen molar-refractivity contribution in [1.29, 1.82) is 0 Å². The summed E-state index contributed by atoms with van der Waals surface area (Å²) < 4.78 is 10.6. The Hall–Kier alpha value is -2.07. The topological polar surface area (TPSA) is 51.6 Å². The zero-order chi connectivity index (χ0) is 17.9. The van der Waals surface area contributed by atoms with Crippen LogP contribution in [0.4, 0.5) is 0 Å². The Bertz CT molecular complexity index is 723. The van der Waals surface area contributed by atoms with Crippen LogP contribution in [0.3, 0.4) is 0 Å². The number of aryl methyl sites for hydroxylation is 1. The van der Waals surface area contributed by atoms with E-state index < -0.39 is 0 Å². The second kappa shape index (κ2) is 7.67. The molecule has 0 unspecified atom stereocenters. The van der Waals surface area contributed by atoms with Crippen molar-refractivity contribution in [2.24, 2.45) is 0 Å². The standard InChI is InChI=1S/C20H27NO3/c1-12(2)20-19(24-11-23-6)8-7-16(21-20)10-17-13(3)9-18(22)15(5)14(17)4/h7-9,12,22H,10-11H2,1-6H3. The Morgan fingerprint density at radius 1 is 1.12 bits per heavy atom. The average Bonchev–Trinajstić information content (AvgIpc) is 2.55. The molecule has 0 saturated heterocycles. The van der Waals surface area contributed by atoms with Crippen LogP contribution in [0.5, 0.6) is 11.5 Å². The first-order chi connectivity index (χ1) is 11.3. The van der Waals surface area contributed by atoms with Crippen LogP contribution >= 0.6 is 0 Å². The van der Waals surface area contributed by atoms with Crippen LogP contribution < -0.4 is 4.74 Å². The van der Waals surface area contributed by atoms with Gasteiger partial charge in [0.25, 0.3) is 0 Å². The summed E-state index contributed by atoms with van der Waals surface area (Å²) in [4.78, 5) is 4.81. The highest BCUT2D eigenvalue weighted by Crippen LogP contribution is 2.30. The fourth-order valence-corrected chi connectivity index (χ4v) is 2.83. The van der Waals surface area contributed by atoms with Gasteiger partial charge in [-0.05, 0) is 67.1 Å². The van der Waals surface area contributed by atoms with Crippen molar-refractivity contribution in [2.45, 2.75) is 47.0 Å². The van der Waals surface area contributed by atoms with E-state index in [0.29, 0.717) is 5.75 Å². The molecule has 0 spiro atoms. The summed E-state index contributed by atoms with van der Waals surface area (Å²) in [5, 5.41) is 9.96. The van der Waals surface area contributed by atoms with Crippen molar-refractivity contribution in [3.05, 3.63) is 51.8 Å². The molecule has 4 nitrogen and oxygen atoms in total. The number of phenolic OH excluding ortho intramolecular Hbond substituents is 1. The van der Waals surface area contributed by atoms with E-state index in [9.17, 15) is 5.11 Å². The number of aromatic hydroxyl groups is 1. The van der Waals surface area contributed by atoms with Crippen LogP contribution in [0.25, 0.3) is 0 Å². The number of benzene rings is 1. The van der Waals surface area contributed by atoms with Crippen molar-refractivity contribution < 1.29 is 14.6 Å². The van der Waals surface area contributed by atoms with E-state index in [1.54, 1.807) is 7.11 Å². The van der Waals surface area contributed by atoms with Gasteiger partial charge in [0.1, 0.15) is 11.5 Å². The molecule has 0 atom stereocenters. The molecule has 0 saturated carbocycles. The molecule has 2 aromatic rings. The average molecular weight is 329 g/mol. The third-order valence-electron chi connectivity index (χ3n) is 4.41. The number of phenols is 1. The summed E-state index contributed by atoms with van der Waals surface area (Å²) in [5.41, 5.74) is 6.30. The summed E-state index contributed by atoms with van der Waals surface area (Å²) in [6.45, 7) is 10.5. The molecule has 0 aliphatic heterocycles. The first-order valence-electron chi connectivity index (χ1n) is 8.25. The third kappa shape index (κ3) is 3.88. The van der Waals surface area contributed by atoms with E-state index in [-0.39, 0.29) is 12.7 Å². The maximum atomic E-state index is 9.96. The van der Waals surface area contributed by atoms with E-state index >= 15 is 0 Å². The molecule has 0 bridgehead atoms. The minimum atomic E-state index is 0.218. The van der Waals surface area contributed by atoms with Gasteiger partial charge < -0.3 is 14.6 Å². The molecule has 0 aliphatic carbocycles. The Balaban J connectivity index is 2.37. The van der Waals surface area contributed by atoms with Gasteiger partial charge in [-0.25, -0.2) is 0 Å². The zero-order valence-corrected chi connectivity index (χ0v) is 15.4. The number of ether oxygens (including phenoxy) is 2. The predicted octanol–water partition coefficient (Wildman–Crippen LogP) is 4.41. The maximum Gasteiger partial charge on any atom is 0.188 e. The smallest absolute Gasteiger partial charge is 0.188 e. The summed E-state index contributed by atoms with van der Waals surface area (Å²) in [6, 6.07) is 5.80. The van der Waals surface area contributed by atoms with Crippen LogP contribution in [0.1, 0.15) is 53.4 Å². The van der Waals surface area contributed by atoms with Crippen molar-refractivity contribution in [3.8, 4) is 11.5 Å². The summed E-state index contributed by atoms with van der Waals surface area (Å²) >= 11 is 0. The van der Waals surface area contributed by atoms with E-state index in [1.165, 1.54) is 5.56 Å². The Morgan fingerprint density at radius 2 is 1.83 bits per heavy atom. The van der Waals surface area contributed by atoms with Gasteiger partial charge >= 0.3 is 0 Å². The normalized spacial score (nSPS) is 11.1. The highest BCUT2D eigenvalue weighted by molar-refractivity contribution is 5.48. The number of rotatable bonds is 6. The summed E-state index contributed by atoms with van der Waals surface area (Å²) in [7, 11) is 1.61. The first kappa shape index (κ1) is 18.3. The van der Waals surface area contributed by atoms with E-state index in [4.69, 9.17) is 14.5 Å². The number of pyridine rings is 1. The Kier molecular flexibility index (Phi) is 5.84. The Morgan fingerprint density at radius 3 is 2.46 bits per heavy atom. The molecule has 0 radical (unpaired) electrons. The van der Waals surface area contributed by atoms with E-state index in [2.05, 4.69) is 20.8 Å². The molecule has 130 valence electrons. The van der Waals surface area contributed by atoms with Gasteiger partial charge in [-0.15, -0.1) is 0 Å².